The van der Waals surface area contributed by atoms with Crippen LogP contribution in [0.3, 0.4) is 0 Å². The fraction of sp³-hybridized carbons (Fsp3) is 0.391. The molecule has 0 heterocycles. The first kappa shape index (κ1) is 23.5. The Balaban J connectivity index is 2.21. The van der Waals surface area contributed by atoms with Gasteiger partial charge >= 0.3 is 0 Å². The molecule has 0 bridgehead atoms. The molecular formula is C23H29ClN2O4. The van der Waals surface area contributed by atoms with Crippen molar-refractivity contribution in [3.05, 3.63) is 58.6 Å². The molecule has 1 N–H and O–H groups in total. The van der Waals surface area contributed by atoms with Crippen molar-refractivity contribution in [3.63, 3.8) is 0 Å². The van der Waals surface area contributed by atoms with Crippen molar-refractivity contribution in [1.29, 1.82) is 0 Å². The summed E-state index contributed by atoms with van der Waals surface area (Å²) in [5.41, 5.74) is 1.76. The molecule has 0 aliphatic rings. The second-order valence-corrected chi connectivity index (χ2v) is 7.25. The molecule has 30 heavy (non-hydrogen) atoms. The fourth-order valence-electron chi connectivity index (χ4n) is 3.33. The van der Waals surface area contributed by atoms with Crippen LogP contribution in [0, 0.1) is 0 Å². The summed E-state index contributed by atoms with van der Waals surface area (Å²) in [5, 5.41) is 3.23. The number of methoxy groups -OCH3 is 2. The molecule has 0 radical (unpaired) electrons. The Kier molecular flexibility index (Phi) is 8.99. The van der Waals surface area contributed by atoms with Crippen LogP contribution in [0.2, 0.25) is 5.02 Å². The van der Waals surface area contributed by atoms with E-state index in [1.54, 1.807) is 32.2 Å². The molecule has 7 heteroatoms. The molecule has 2 amide bonds. The average Bonchev–Trinajstić information content (AvgIpc) is 2.77. The quantitative estimate of drug-likeness (QED) is 0.619. The number of benzene rings is 2. The van der Waals surface area contributed by atoms with Crippen LogP contribution in [0.5, 0.6) is 11.5 Å². The first-order valence-electron chi connectivity index (χ1n) is 9.90. The van der Waals surface area contributed by atoms with E-state index in [4.69, 9.17) is 21.1 Å². The highest BCUT2D eigenvalue weighted by Gasteiger charge is 2.28. The highest BCUT2D eigenvalue weighted by Crippen LogP contribution is 2.28. The zero-order valence-electron chi connectivity index (χ0n) is 17.9. The predicted molar refractivity (Wildman–Crippen MR) is 118 cm³/mol. The molecule has 2 aromatic carbocycles. The van der Waals surface area contributed by atoms with Gasteiger partial charge in [-0.05, 0) is 42.2 Å². The van der Waals surface area contributed by atoms with E-state index in [0.717, 1.165) is 11.1 Å². The standard InChI is InChI=1S/C23H29ClN2O4/c1-5-19(23(28)25-2)26(15-17-8-6-7-9-18(17)24)22(27)13-11-16-10-12-20(29-3)21(14-16)30-4/h6-10,12,14,19H,5,11,13,15H2,1-4H3,(H,25,28)/t19-/m0/s1. The fourth-order valence-corrected chi connectivity index (χ4v) is 3.52. The van der Waals surface area contributed by atoms with Crippen LogP contribution in [-0.4, -0.2) is 44.0 Å². The number of halogens is 1. The number of hydrogen-bond acceptors (Lipinski definition) is 4. The molecule has 0 fully saturated rings. The molecule has 0 unspecified atom stereocenters. The summed E-state index contributed by atoms with van der Waals surface area (Å²) in [7, 11) is 4.73. The van der Waals surface area contributed by atoms with Crippen LogP contribution in [0.15, 0.2) is 42.5 Å². The Labute approximate surface area is 183 Å². The van der Waals surface area contributed by atoms with E-state index in [2.05, 4.69) is 5.32 Å². The van der Waals surface area contributed by atoms with E-state index >= 15 is 0 Å². The molecule has 0 spiro atoms. The Morgan fingerprint density at radius 2 is 1.80 bits per heavy atom. The van der Waals surface area contributed by atoms with Crippen molar-refractivity contribution in [3.8, 4) is 11.5 Å². The molecule has 0 aliphatic carbocycles. The topological polar surface area (TPSA) is 67.9 Å². The number of rotatable bonds is 10. The van der Waals surface area contributed by atoms with Crippen LogP contribution >= 0.6 is 11.6 Å². The van der Waals surface area contributed by atoms with E-state index in [9.17, 15) is 9.59 Å². The smallest absolute Gasteiger partial charge is 0.242 e. The lowest BCUT2D eigenvalue weighted by Gasteiger charge is -2.30. The van der Waals surface area contributed by atoms with Crippen LogP contribution in [0.4, 0.5) is 0 Å². The molecule has 1 atom stereocenters. The van der Waals surface area contributed by atoms with Gasteiger partial charge in [0.1, 0.15) is 6.04 Å². The van der Waals surface area contributed by atoms with Gasteiger partial charge in [0.15, 0.2) is 11.5 Å². The third-order valence-electron chi connectivity index (χ3n) is 5.01. The summed E-state index contributed by atoms with van der Waals surface area (Å²) in [6.07, 6.45) is 1.28. The monoisotopic (exact) mass is 432 g/mol. The molecule has 162 valence electrons. The number of hydrogen-bond donors (Lipinski definition) is 1. The van der Waals surface area contributed by atoms with Crippen LogP contribution in [-0.2, 0) is 22.6 Å². The normalized spacial score (nSPS) is 11.5. The zero-order valence-corrected chi connectivity index (χ0v) is 18.7. The van der Waals surface area contributed by atoms with Gasteiger partial charge in [-0.15, -0.1) is 0 Å². The van der Waals surface area contributed by atoms with Gasteiger partial charge in [0.25, 0.3) is 0 Å². The number of nitrogens with one attached hydrogen (secondary N) is 1. The van der Waals surface area contributed by atoms with Crippen LogP contribution in [0.25, 0.3) is 0 Å². The molecule has 6 nitrogen and oxygen atoms in total. The number of carbonyl (C=O) groups excluding carboxylic acids is 2. The number of amides is 2. The Morgan fingerprint density at radius 3 is 2.40 bits per heavy atom. The lowest BCUT2D eigenvalue weighted by molar-refractivity contribution is -0.141. The van der Waals surface area contributed by atoms with E-state index < -0.39 is 6.04 Å². The average molecular weight is 433 g/mol. The third kappa shape index (κ3) is 5.89. The lowest BCUT2D eigenvalue weighted by Crippen LogP contribution is -2.48. The maximum atomic E-state index is 13.2. The maximum absolute atomic E-state index is 13.2. The number of nitrogens with zero attached hydrogens (tertiary/aromatic N) is 1. The number of aryl methyl sites for hydroxylation is 1. The van der Waals surface area contributed by atoms with Crippen LogP contribution in [0.1, 0.15) is 30.9 Å². The second-order valence-electron chi connectivity index (χ2n) is 6.84. The van der Waals surface area contributed by atoms with Gasteiger partial charge < -0.3 is 19.7 Å². The minimum Gasteiger partial charge on any atom is -0.493 e. The summed E-state index contributed by atoms with van der Waals surface area (Å²) in [4.78, 5) is 27.2. The predicted octanol–water partition coefficient (Wildman–Crippen LogP) is 3.84. The number of carbonyl (C=O) groups is 2. The SMILES string of the molecule is CC[C@@H](C(=O)NC)N(Cc1ccccc1Cl)C(=O)CCc1ccc(OC)c(OC)c1. The highest BCUT2D eigenvalue weighted by molar-refractivity contribution is 6.31. The Bertz CT molecular complexity index is 872. The van der Waals surface area contributed by atoms with Crippen molar-refractivity contribution in [2.75, 3.05) is 21.3 Å². The first-order valence-corrected chi connectivity index (χ1v) is 10.3. The molecule has 0 aliphatic heterocycles. The molecule has 0 saturated heterocycles. The van der Waals surface area contributed by atoms with E-state index in [1.807, 2.05) is 43.3 Å². The van der Waals surface area contributed by atoms with Gasteiger partial charge in [-0.3, -0.25) is 9.59 Å². The van der Waals surface area contributed by atoms with Gasteiger partial charge in [-0.25, -0.2) is 0 Å². The highest BCUT2D eigenvalue weighted by atomic mass is 35.5. The second kappa shape index (κ2) is 11.5. The van der Waals surface area contributed by atoms with Crippen molar-refractivity contribution in [2.24, 2.45) is 0 Å². The lowest BCUT2D eigenvalue weighted by atomic mass is 10.1. The Hall–Kier alpha value is -2.73. The zero-order chi connectivity index (χ0) is 22.1. The van der Waals surface area contributed by atoms with Gasteiger partial charge in [0.2, 0.25) is 11.8 Å². The van der Waals surface area contributed by atoms with Crippen molar-refractivity contribution < 1.29 is 19.1 Å². The number of likely N-dealkylation sites (N-methyl/N-ethyl adjacent to an activating group) is 1. The van der Waals surface area contributed by atoms with Gasteiger partial charge in [-0.2, -0.15) is 0 Å². The number of ether oxygens (including phenoxy) is 2. The molecule has 0 aromatic heterocycles. The van der Waals surface area contributed by atoms with Gasteiger partial charge in [0.05, 0.1) is 14.2 Å². The first-order chi connectivity index (χ1) is 14.4. The van der Waals surface area contributed by atoms with Gasteiger partial charge in [-0.1, -0.05) is 42.8 Å². The minimum absolute atomic E-state index is 0.111. The van der Waals surface area contributed by atoms with E-state index in [1.165, 1.54) is 0 Å². The molecule has 0 saturated carbocycles. The third-order valence-corrected chi connectivity index (χ3v) is 5.38. The van der Waals surface area contributed by atoms with Crippen molar-refractivity contribution in [2.45, 2.75) is 38.8 Å². The molecule has 2 rings (SSSR count). The maximum Gasteiger partial charge on any atom is 0.242 e. The summed E-state index contributed by atoms with van der Waals surface area (Å²) >= 11 is 6.30. The summed E-state index contributed by atoms with van der Waals surface area (Å²) in [6, 6.07) is 12.4. The minimum atomic E-state index is -0.566. The summed E-state index contributed by atoms with van der Waals surface area (Å²) in [6.45, 7) is 2.16. The van der Waals surface area contributed by atoms with Crippen molar-refractivity contribution in [1.82, 2.24) is 10.2 Å². The summed E-state index contributed by atoms with van der Waals surface area (Å²) < 4.78 is 10.6. The van der Waals surface area contributed by atoms with Crippen LogP contribution < -0.4 is 14.8 Å². The molecule has 2 aromatic rings. The van der Waals surface area contributed by atoms with Gasteiger partial charge in [0, 0.05) is 25.0 Å². The van der Waals surface area contributed by atoms with Crippen molar-refractivity contribution >= 4 is 23.4 Å². The largest absolute Gasteiger partial charge is 0.493 e. The van der Waals surface area contributed by atoms with E-state index in [-0.39, 0.29) is 24.8 Å². The Morgan fingerprint density at radius 1 is 1.10 bits per heavy atom. The van der Waals surface area contributed by atoms with E-state index in [0.29, 0.717) is 29.4 Å². The molecular weight excluding hydrogens is 404 g/mol. The summed E-state index contributed by atoms with van der Waals surface area (Å²) in [5.74, 6) is 0.954.